The topological polar surface area (TPSA) is 72.6 Å². The van der Waals surface area contributed by atoms with E-state index in [1.54, 1.807) is 32.2 Å². The molecule has 5 rings (SSSR count). The van der Waals surface area contributed by atoms with Crippen LogP contribution in [0.15, 0.2) is 47.4 Å². The lowest BCUT2D eigenvalue weighted by Gasteiger charge is -2.38. The van der Waals surface area contributed by atoms with Gasteiger partial charge in [0.05, 0.1) is 11.7 Å². The van der Waals surface area contributed by atoms with Gasteiger partial charge in [0.2, 0.25) is 0 Å². The molecule has 0 bridgehead atoms. The van der Waals surface area contributed by atoms with E-state index in [4.69, 9.17) is 21.3 Å². The van der Waals surface area contributed by atoms with Crippen LogP contribution in [0.4, 0.5) is 10.2 Å². The van der Waals surface area contributed by atoms with E-state index in [9.17, 15) is 4.79 Å². The van der Waals surface area contributed by atoms with Gasteiger partial charge in [-0.25, -0.2) is 18.8 Å². The summed E-state index contributed by atoms with van der Waals surface area (Å²) < 4.78 is 22.6. The van der Waals surface area contributed by atoms with Gasteiger partial charge in [0.15, 0.2) is 5.82 Å². The van der Waals surface area contributed by atoms with Crippen molar-refractivity contribution in [2.24, 2.45) is 0 Å². The number of ether oxygens (including phenoxy) is 1. The van der Waals surface area contributed by atoms with Crippen molar-refractivity contribution in [1.29, 1.82) is 0 Å². The lowest BCUT2D eigenvalue weighted by atomic mass is 10.1. The number of aryl methyl sites for hydroxylation is 2. The van der Waals surface area contributed by atoms with Crippen molar-refractivity contribution < 1.29 is 9.13 Å². The number of pyridine rings is 1. The van der Waals surface area contributed by atoms with E-state index in [0.717, 1.165) is 11.3 Å². The van der Waals surface area contributed by atoms with Gasteiger partial charge in [-0.2, -0.15) is 0 Å². The standard InChI is InChI=1S/C26H25ClFN5O2/c1-14-9-18(7-8-29-14)22-13-32(12-15(2)35-22)23-11-24-30-17(4)16(3)26(34)33(24)25(31-23)20-6-5-19(27)10-21(20)28/h5-11,15,22H,12-13H2,1-4H3/t15-,22-/m1/s1. The van der Waals surface area contributed by atoms with E-state index >= 15 is 4.39 Å². The molecule has 2 atom stereocenters. The average molecular weight is 494 g/mol. The van der Waals surface area contributed by atoms with Gasteiger partial charge in [0, 0.05) is 47.3 Å². The first-order valence-electron chi connectivity index (χ1n) is 11.4. The summed E-state index contributed by atoms with van der Waals surface area (Å²) in [6, 6.07) is 10.1. The molecule has 1 fully saturated rings. The number of benzene rings is 1. The summed E-state index contributed by atoms with van der Waals surface area (Å²) in [5.74, 6) is 0.215. The molecule has 0 radical (unpaired) electrons. The summed E-state index contributed by atoms with van der Waals surface area (Å²) in [7, 11) is 0. The van der Waals surface area contributed by atoms with Crippen LogP contribution in [0.5, 0.6) is 0 Å². The van der Waals surface area contributed by atoms with Gasteiger partial charge in [-0.1, -0.05) is 11.6 Å². The Morgan fingerprint density at radius 2 is 1.89 bits per heavy atom. The Bertz CT molecular complexity index is 1510. The van der Waals surface area contributed by atoms with E-state index in [2.05, 4.69) is 14.9 Å². The summed E-state index contributed by atoms with van der Waals surface area (Å²) in [5.41, 5.74) is 3.35. The van der Waals surface area contributed by atoms with Crippen LogP contribution in [0.25, 0.3) is 17.0 Å². The molecule has 1 aromatic carbocycles. The Hall–Kier alpha value is -3.36. The van der Waals surface area contributed by atoms with Crippen LogP contribution in [0, 0.1) is 26.6 Å². The van der Waals surface area contributed by atoms with Crippen molar-refractivity contribution in [3.05, 3.63) is 86.3 Å². The van der Waals surface area contributed by atoms with Crippen molar-refractivity contribution in [3.63, 3.8) is 0 Å². The Kier molecular flexibility index (Phi) is 6.02. The molecule has 9 heteroatoms. The third kappa shape index (κ3) is 4.39. The summed E-state index contributed by atoms with van der Waals surface area (Å²) in [6.07, 6.45) is 1.50. The summed E-state index contributed by atoms with van der Waals surface area (Å²) in [5, 5.41) is 0.265. The fourth-order valence-corrected chi connectivity index (χ4v) is 4.60. The van der Waals surface area contributed by atoms with Gasteiger partial charge in [0.25, 0.3) is 5.56 Å². The second-order valence-corrected chi connectivity index (χ2v) is 9.39. The molecule has 7 nitrogen and oxygen atoms in total. The van der Waals surface area contributed by atoms with E-state index in [1.165, 1.54) is 16.5 Å². The minimum absolute atomic E-state index is 0.0779. The van der Waals surface area contributed by atoms with Crippen LogP contribution < -0.4 is 10.5 Å². The van der Waals surface area contributed by atoms with Gasteiger partial charge < -0.3 is 9.64 Å². The summed E-state index contributed by atoms with van der Waals surface area (Å²) in [6.45, 7) is 8.56. The molecular weight excluding hydrogens is 469 g/mol. The highest BCUT2D eigenvalue weighted by molar-refractivity contribution is 6.30. The number of rotatable bonds is 3. The van der Waals surface area contributed by atoms with Crippen molar-refractivity contribution in [3.8, 4) is 11.4 Å². The Labute approximate surface area is 207 Å². The molecule has 1 aliphatic rings. The van der Waals surface area contributed by atoms with E-state index in [0.29, 0.717) is 35.8 Å². The fourth-order valence-electron chi connectivity index (χ4n) is 4.44. The lowest BCUT2D eigenvalue weighted by Crippen LogP contribution is -2.43. The molecule has 180 valence electrons. The first-order chi connectivity index (χ1) is 16.7. The maximum absolute atomic E-state index is 15.0. The van der Waals surface area contributed by atoms with Gasteiger partial charge in [-0.3, -0.25) is 9.78 Å². The minimum atomic E-state index is -0.561. The highest BCUT2D eigenvalue weighted by atomic mass is 35.5. The predicted octanol–water partition coefficient (Wildman–Crippen LogP) is 4.84. The lowest BCUT2D eigenvalue weighted by molar-refractivity contribution is -0.0176. The smallest absolute Gasteiger partial charge is 0.262 e. The van der Waals surface area contributed by atoms with Crippen LogP contribution in [0.2, 0.25) is 5.02 Å². The Morgan fingerprint density at radius 3 is 2.63 bits per heavy atom. The van der Waals surface area contributed by atoms with E-state index in [1.807, 2.05) is 26.0 Å². The zero-order valence-corrected chi connectivity index (χ0v) is 20.7. The van der Waals surface area contributed by atoms with E-state index < -0.39 is 5.82 Å². The molecule has 0 amide bonds. The number of hydrogen-bond acceptors (Lipinski definition) is 6. The number of hydrogen-bond donors (Lipinski definition) is 0. The molecule has 0 spiro atoms. The summed E-state index contributed by atoms with van der Waals surface area (Å²) >= 11 is 5.99. The van der Waals surface area contributed by atoms with Gasteiger partial charge in [-0.05, 0) is 63.6 Å². The molecular formula is C26H25ClFN5O2. The molecule has 4 heterocycles. The average Bonchev–Trinajstić information content (AvgIpc) is 2.81. The molecule has 1 aliphatic heterocycles. The SMILES string of the molecule is Cc1cc([C@H]2CN(c3cc4nc(C)c(C)c(=O)n4c(-c4ccc(Cl)cc4F)n3)C[C@@H](C)O2)ccn1. The molecule has 0 saturated carbocycles. The zero-order valence-electron chi connectivity index (χ0n) is 19.9. The van der Waals surface area contributed by atoms with Crippen LogP contribution in [0.3, 0.4) is 0 Å². The zero-order chi connectivity index (χ0) is 24.9. The molecule has 35 heavy (non-hydrogen) atoms. The van der Waals surface area contributed by atoms with Crippen molar-refractivity contribution in [1.82, 2.24) is 19.4 Å². The molecule has 3 aromatic heterocycles. The van der Waals surface area contributed by atoms with Crippen molar-refractivity contribution in [2.45, 2.75) is 39.9 Å². The minimum Gasteiger partial charge on any atom is -0.367 e. The summed E-state index contributed by atoms with van der Waals surface area (Å²) in [4.78, 5) is 29.0. The van der Waals surface area contributed by atoms with E-state index in [-0.39, 0.29) is 34.2 Å². The third-order valence-electron chi connectivity index (χ3n) is 6.32. The molecule has 0 aliphatic carbocycles. The first-order valence-corrected chi connectivity index (χ1v) is 11.8. The number of morpholine rings is 1. The largest absolute Gasteiger partial charge is 0.367 e. The second kappa shape index (κ2) is 9.02. The maximum Gasteiger partial charge on any atom is 0.262 e. The van der Waals surface area contributed by atoms with Gasteiger partial charge >= 0.3 is 0 Å². The third-order valence-corrected chi connectivity index (χ3v) is 6.55. The molecule has 0 unspecified atom stereocenters. The van der Waals surface area contributed by atoms with Crippen LogP contribution >= 0.6 is 11.6 Å². The maximum atomic E-state index is 15.0. The number of fused-ring (bicyclic) bond motifs is 1. The molecule has 4 aromatic rings. The fraction of sp³-hybridized carbons (Fsp3) is 0.308. The molecule has 1 saturated heterocycles. The number of aromatic nitrogens is 4. The highest BCUT2D eigenvalue weighted by Gasteiger charge is 2.29. The highest BCUT2D eigenvalue weighted by Crippen LogP contribution is 2.31. The van der Waals surface area contributed by atoms with Crippen LogP contribution in [0.1, 0.15) is 35.5 Å². The first kappa shape index (κ1) is 23.4. The second-order valence-electron chi connectivity index (χ2n) is 8.95. The van der Waals surface area contributed by atoms with Crippen molar-refractivity contribution >= 4 is 23.1 Å². The van der Waals surface area contributed by atoms with Crippen molar-refractivity contribution in [2.75, 3.05) is 18.0 Å². The Morgan fingerprint density at radius 1 is 1.09 bits per heavy atom. The predicted molar refractivity (Wildman–Crippen MR) is 134 cm³/mol. The number of nitrogens with zero attached hydrogens (tertiary/aromatic N) is 5. The van der Waals surface area contributed by atoms with Gasteiger partial charge in [0.1, 0.15) is 23.4 Å². The quantitative estimate of drug-likeness (QED) is 0.407. The monoisotopic (exact) mass is 493 g/mol. The van der Waals surface area contributed by atoms with Crippen LogP contribution in [-0.4, -0.2) is 38.5 Å². The normalized spacial score (nSPS) is 18.3. The Balaban J connectivity index is 1.68. The van der Waals surface area contributed by atoms with Gasteiger partial charge in [-0.15, -0.1) is 0 Å². The molecule has 0 N–H and O–H groups in total. The number of anilines is 1. The number of halogens is 2. The van der Waals surface area contributed by atoms with Crippen LogP contribution in [-0.2, 0) is 4.74 Å².